The van der Waals surface area contributed by atoms with Crippen molar-refractivity contribution in [2.75, 3.05) is 0 Å². The van der Waals surface area contributed by atoms with Gasteiger partial charge in [0.2, 0.25) is 0 Å². The SMILES string of the molecule is CC[C@H](C)NC(=O)c1cc(-c2cccc(F)c2)nn1CC. The van der Waals surface area contributed by atoms with E-state index in [-0.39, 0.29) is 17.8 Å². The second-order valence-electron chi connectivity index (χ2n) is 5.02. The van der Waals surface area contributed by atoms with Crippen molar-refractivity contribution < 1.29 is 9.18 Å². The number of amides is 1. The predicted molar refractivity (Wildman–Crippen MR) is 80.5 cm³/mol. The predicted octanol–water partition coefficient (Wildman–Crippen LogP) is 3.24. The Bertz CT molecular complexity index is 636. The third-order valence-electron chi connectivity index (χ3n) is 3.42. The molecule has 2 aromatic rings. The molecular weight excluding hydrogens is 269 g/mol. The maximum Gasteiger partial charge on any atom is 0.269 e. The fraction of sp³-hybridized carbons (Fsp3) is 0.375. The molecule has 0 radical (unpaired) electrons. The maximum absolute atomic E-state index is 13.3. The van der Waals surface area contributed by atoms with Gasteiger partial charge in [0.25, 0.3) is 5.91 Å². The summed E-state index contributed by atoms with van der Waals surface area (Å²) in [6.45, 7) is 6.47. The minimum absolute atomic E-state index is 0.107. The Morgan fingerprint density at radius 1 is 1.38 bits per heavy atom. The molecule has 0 unspecified atom stereocenters. The first-order valence-corrected chi connectivity index (χ1v) is 7.19. The van der Waals surface area contributed by atoms with Gasteiger partial charge in [-0.2, -0.15) is 5.10 Å². The summed E-state index contributed by atoms with van der Waals surface area (Å²) in [4.78, 5) is 12.3. The van der Waals surface area contributed by atoms with Crippen LogP contribution in [0.2, 0.25) is 0 Å². The van der Waals surface area contributed by atoms with Crippen molar-refractivity contribution in [3.63, 3.8) is 0 Å². The average Bonchev–Trinajstić information content (AvgIpc) is 2.91. The molecule has 0 aliphatic rings. The quantitative estimate of drug-likeness (QED) is 0.918. The molecular formula is C16H20FN3O. The zero-order valence-electron chi connectivity index (χ0n) is 12.6. The van der Waals surface area contributed by atoms with Crippen molar-refractivity contribution in [1.29, 1.82) is 0 Å². The summed E-state index contributed by atoms with van der Waals surface area (Å²) in [5.74, 6) is -0.467. The molecule has 0 aliphatic heterocycles. The number of hydrogen-bond donors (Lipinski definition) is 1. The second-order valence-corrected chi connectivity index (χ2v) is 5.02. The molecule has 0 fully saturated rings. The van der Waals surface area contributed by atoms with E-state index in [1.54, 1.807) is 22.9 Å². The summed E-state index contributed by atoms with van der Waals surface area (Å²) in [6, 6.07) is 8.03. The van der Waals surface area contributed by atoms with Crippen LogP contribution in [0.1, 0.15) is 37.7 Å². The van der Waals surface area contributed by atoms with Gasteiger partial charge in [0, 0.05) is 18.2 Å². The molecule has 2 rings (SSSR count). The third-order valence-corrected chi connectivity index (χ3v) is 3.42. The summed E-state index contributed by atoms with van der Waals surface area (Å²) in [5, 5.41) is 7.31. The summed E-state index contributed by atoms with van der Waals surface area (Å²) < 4.78 is 14.9. The number of carbonyl (C=O) groups is 1. The lowest BCUT2D eigenvalue weighted by atomic mass is 10.1. The molecule has 0 bridgehead atoms. The molecule has 5 heteroatoms. The topological polar surface area (TPSA) is 46.9 Å². The number of carbonyl (C=O) groups excluding carboxylic acids is 1. The van der Waals surface area contributed by atoms with Gasteiger partial charge < -0.3 is 5.32 Å². The molecule has 0 aliphatic carbocycles. The van der Waals surface area contributed by atoms with Crippen molar-refractivity contribution in [3.05, 3.63) is 41.8 Å². The second kappa shape index (κ2) is 6.52. The highest BCUT2D eigenvalue weighted by Crippen LogP contribution is 2.20. The molecule has 1 N–H and O–H groups in total. The lowest BCUT2D eigenvalue weighted by molar-refractivity contribution is 0.0928. The molecule has 1 atom stereocenters. The van der Waals surface area contributed by atoms with E-state index >= 15 is 0 Å². The Kier molecular flexibility index (Phi) is 4.73. The van der Waals surface area contributed by atoms with Gasteiger partial charge in [-0.05, 0) is 38.5 Å². The number of nitrogens with zero attached hydrogens (tertiary/aromatic N) is 2. The van der Waals surface area contributed by atoms with Crippen LogP contribution in [-0.2, 0) is 6.54 Å². The minimum atomic E-state index is -0.316. The lowest BCUT2D eigenvalue weighted by Gasteiger charge is -2.11. The van der Waals surface area contributed by atoms with E-state index < -0.39 is 0 Å². The largest absolute Gasteiger partial charge is 0.348 e. The number of benzene rings is 1. The Morgan fingerprint density at radius 2 is 2.14 bits per heavy atom. The molecule has 112 valence electrons. The van der Waals surface area contributed by atoms with Crippen LogP contribution in [0.5, 0.6) is 0 Å². The van der Waals surface area contributed by atoms with E-state index in [2.05, 4.69) is 10.4 Å². The molecule has 1 heterocycles. The van der Waals surface area contributed by atoms with Crippen LogP contribution in [0.15, 0.2) is 30.3 Å². The standard InChI is InChI=1S/C16H20FN3O/c1-4-11(3)18-16(21)15-10-14(19-20(15)5-2)12-7-6-8-13(17)9-12/h6-11H,4-5H2,1-3H3,(H,18,21)/t11-/m0/s1. The average molecular weight is 289 g/mol. The van der Waals surface area contributed by atoms with Crippen molar-refractivity contribution in [3.8, 4) is 11.3 Å². The van der Waals surface area contributed by atoms with Gasteiger partial charge in [0.05, 0.1) is 5.69 Å². The molecule has 4 nitrogen and oxygen atoms in total. The summed E-state index contributed by atoms with van der Waals surface area (Å²) in [6.07, 6.45) is 0.864. The molecule has 21 heavy (non-hydrogen) atoms. The van der Waals surface area contributed by atoms with E-state index in [9.17, 15) is 9.18 Å². The number of aryl methyl sites for hydroxylation is 1. The highest BCUT2D eigenvalue weighted by atomic mass is 19.1. The zero-order valence-corrected chi connectivity index (χ0v) is 12.6. The number of nitrogens with one attached hydrogen (secondary N) is 1. The van der Waals surface area contributed by atoms with Gasteiger partial charge in [0.1, 0.15) is 11.5 Å². The fourth-order valence-corrected chi connectivity index (χ4v) is 2.03. The third kappa shape index (κ3) is 3.48. The molecule has 1 aromatic carbocycles. The molecule has 1 amide bonds. The van der Waals surface area contributed by atoms with E-state index in [0.717, 1.165) is 6.42 Å². The number of halogens is 1. The summed E-state index contributed by atoms with van der Waals surface area (Å²) >= 11 is 0. The van der Waals surface area contributed by atoms with Crippen molar-refractivity contribution in [2.45, 2.75) is 39.8 Å². The van der Waals surface area contributed by atoms with Crippen LogP contribution >= 0.6 is 0 Å². The Morgan fingerprint density at radius 3 is 2.76 bits per heavy atom. The first-order valence-electron chi connectivity index (χ1n) is 7.19. The minimum Gasteiger partial charge on any atom is -0.348 e. The first kappa shape index (κ1) is 15.2. The monoisotopic (exact) mass is 289 g/mol. The van der Waals surface area contributed by atoms with Gasteiger partial charge in [-0.1, -0.05) is 19.1 Å². The maximum atomic E-state index is 13.3. The number of aromatic nitrogens is 2. The number of rotatable bonds is 5. The van der Waals surface area contributed by atoms with Crippen LogP contribution < -0.4 is 5.32 Å². The Hall–Kier alpha value is -2.17. The van der Waals surface area contributed by atoms with Crippen LogP contribution in [0.25, 0.3) is 11.3 Å². The van der Waals surface area contributed by atoms with E-state index in [1.807, 2.05) is 20.8 Å². The van der Waals surface area contributed by atoms with Gasteiger partial charge >= 0.3 is 0 Å². The zero-order chi connectivity index (χ0) is 15.4. The van der Waals surface area contributed by atoms with E-state index in [1.165, 1.54) is 12.1 Å². The van der Waals surface area contributed by atoms with Gasteiger partial charge in [-0.15, -0.1) is 0 Å². The highest BCUT2D eigenvalue weighted by Gasteiger charge is 2.16. The summed E-state index contributed by atoms with van der Waals surface area (Å²) in [7, 11) is 0. The van der Waals surface area contributed by atoms with Crippen molar-refractivity contribution in [2.24, 2.45) is 0 Å². The summed E-state index contributed by atoms with van der Waals surface area (Å²) in [5.41, 5.74) is 1.77. The Balaban J connectivity index is 2.33. The van der Waals surface area contributed by atoms with Crippen molar-refractivity contribution >= 4 is 5.91 Å². The molecule has 0 saturated heterocycles. The normalized spacial score (nSPS) is 12.2. The Labute approximate surface area is 124 Å². The lowest BCUT2D eigenvalue weighted by Crippen LogP contribution is -2.33. The van der Waals surface area contributed by atoms with Crippen LogP contribution in [0.4, 0.5) is 4.39 Å². The van der Waals surface area contributed by atoms with E-state index in [4.69, 9.17) is 0 Å². The van der Waals surface area contributed by atoms with Crippen molar-refractivity contribution in [1.82, 2.24) is 15.1 Å². The fourth-order valence-electron chi connectivity index (χ4n) is 2.03. The van der Waals surface area contributed by atoms with Crippen LogP contribution in [0.3, 0.4) is 0 Å². The first-order chi connectivity index (χ1) is 10.0. The highest BCUT2D eigenvalue weighted by molar-refractivity contribution is 5.93. The molecule has 1 aromatic heterocycles. The van der Waals surface area contributed by atoms with Gasteiger partial charge in [-0.3, -0.25) is 9.48 Å². The van der Waals surface area contributed by atoms with Gasteiger partial charge in [0.15, 0.2) is 0 Å². The molecule has 0 spiro atoms. The van der Waals surface area contributed by atoms with Gasteiger partial charge in [-0.25, -0.2) is 4.39 Å². The van der Waals surface area contributed by atoms with Crippen LogP contribution in [0, 0.1) is 5.82 Å². The smallest absolute Gasteiger partial charge is 0.269 e. The number of hydrogen-bond acceptors (Lipinski definition) is 2. The van der Waals surface area contributed by atoms with Crippen LogP contribution in [-0.4, -0.2) is 21.7 Å². The van der Waals surface area contributed by atoms with E-state index in [0.29, 0.717) is 23.5 Å². The molecule has 0 saturated carbocycles.